The minimum Gasteiger partial charge on any atom is -0.377 e. The van der Waals surface area contributed by atoms with Crippen molar-refractivity contribution in [3.05, 3.63) is 29.8 Å². The van der Waals surface area contributed by atoms with Gasteiger partial charge >= 0.3 is 0 Å². The topological polar surface area (TPSA) is 9.23 Å². The summed E-state index contributed by atoms with van der Waals surface area (Å²) in [5.41, 5.74) is 1.51. The van der Waals surface area contributed by atoms with E-state index in [9.17, 15) is 0 Å². The van der Waals surface area contributed by atoms with Crippen LogP contribution in [0.15, 0.2) is 29.2 Å². The lowest BCUT2D eigenvalue weighted by atomic mass is 10.1. The van der Waals surface area contributed by atoms with Crippen LogP contribution in [0.3, 0.4) is 0 Å². The highest BCUT2D eigenvalue weighted by Gasteiger charge is 2.24. The van der Waals surface area contributed by atoms with Gasteiger partial charge in [-0.05, 0) is 30.9 Å². The number of hydrogen-bond acceptors (Lipinski definition) is 2. The molecule has 16 heavy (non-hydrogen) atoms. The third-order valence-corrected chi connectivity index (χ3v) is 4.82. The molecule has 1 nitrogen and oxygen atoms in total. The minimum absolute atomic E-state index is 0.560. The molecule has 0 spiro atoms. The quantitative estimate of drug-likeness (QED) is 0.789. The molecule has 0 amide bonds. The van der Waals surface area contributed by atoms with E-state index in [0.717, 1.165) is 6.61 Å². The van der Waals surface area contributed by atoms with Crippen LogP contribution in [-0.2, 0) is 11.2 Å². The average Bonchev–Trinajstić information content (AvgIpc) is 2.95. The van der Waals surface area contributed by atoms with E-state index in [1.807, 2.05) is 11.8 Å². The molecule has 3 rings (SSSR count). The molecule has 1 saturated carbocycles. The predicted octanol–water partition coefficient (Wildman–Crippen LogP) is 3.66. The number of hydrogen-bond donors (Lipinski definition) is 0. The van der Waals surface area contributed by atoms with Crippen LogP contribution in [0.25, 0.3) is 0 Å². The van der Waals surface area contributed by atoms with Gasteiger partial charge in [-0.25, -0.2) is 0 Å². The first-order valence-electron chi connectivity index (χ1n) is 6.28. The molecular weight excluding hydrogens is 216 g/mol. The lowest BCUT2D eigenvalue weighted by Gasteiger charge is -2.14. The highest BCUT2D eigenvalue weighted by atomic mass is 32.2. The first kappa shape index (κ1) is 10.7. The van der Waals surface area contributed by atoms with Crippen LogP contribution in [0.5, 0.6) is 0 Å². The largest absolute Gasteiger partial charge is 0.377 e. The van der Waals surface area contributed by atoms with E-state index < -0.39 is 0 Å². The molecule has 1 aromatic carbocycles. The van der Waals surface area contributed by atoms with Crippen molar-refractivity contribution >= 4 is 11.8 Å². The summed E-state index contributed by atoms with van der Waals surface area (Å²) < 4.78 is 6.00. The van der Waals surface area contributed by atoms with E-state index in [2.05, 4.69) is 24.3 Å². The summed E-state index contributed by atoms with van der Waals surface area (Å²) in [7, 11) is 0. The standard InChI is InChI=1S/C14H18OS/c1-4-8-14-11(5-1)9-13(16-14)10-15-12-6-2-3-7-12/h1,4-5,8,12-13H,2-3,6-7,9-10H2. The molecule has 0 saturated heterocycles. The zero-order chi connectivity index (χ0) is 10.8. The first-order valence-corrected chi connectivity index (χ1v) is 7.16. The molecule has 1 unspecified atom stereocenters. The number of thioether (sulfide) groups is 1. The summed E-state index contributed by atoms with van der Waals surface area (Å²) in [6.07, 6.45) is 7.04. The highest BCUT2D eigenvalue weighted by Crippen LogP contribution is 2.37. The Morgan fingerprint density at radius 3 is 2.81 bits per heavy atom. The molecule has 0 bridgehead atoms. The van der Waals surface area contributed by atoms with Crippen LogP contribution in [0.4, 0.5) is 0 Å². The Kier molecular flexibility index (Phi) is 3.20. The Bertz CT molecular complexity index is 333. The zero-order valence-electron chi connectivity index (χ0n) is 9.52. The Hall–Kier alpha value is -0.470. The van der Waals surface area contributed by atoms with Crippen LogP contribution in [0.1, 0.15) is 31.2 Å². The first-order chi connectivity index (χ1) is 7.92. The van der Waals surface area contributed by atoms with Gasteiger partial charge in [0.2, 0.25) is 0 Å². The maximum atomic E-state index is 6.00. The van der Waals surface area contributed by atoms with Crippen molar-refractivity contribution in [3.8, 4) is 0 Å². The van der Waals surface area contributed by atoms with Crippen LogP contribution >= 0.6 is 11.8 Å². The molecule has 0 radical (unpaired) electrons. The normalized spacial score (nSPS) is 24.9. The van der Waals surface area contributed by atoms with Gasteiger partial charge in [-0.2, -0.15) is 0 Å². The van der Waals surface area contributed by atoms with Crippen molar-refractivity contribution in [1.29, 1.82) is 0 Å². The highest BCUT2D eigenvalue weighted by molar-refractivity contribution is 8.00. The third-order valence-electron chi connectivity index (χ3n) is 3.53. The van der Waals surface area contributed by atoms with E-state index in [1.165, 1.54) is 42.6 Å². The molecule has 0 N–H and O–H groups in total. The van der Waals surface area contributed by atoms with Crippen molar-refractivity contribution < 1.29 is 4.74 Å². The second-order valence-electron chi connectivity index (χ2n) is 4.79. The molecule has 1 aliphatic heterocycles. The van der Waals surface area contributed by atoms with Crippen LogP contribution in [0.2, 0.25) is 0 Å². The summed E-state index contributed by atoms with van der Waals surface area (Å²) in [5, 5.41) is 0.651. The lowest BCUT2D eigenvalue weighted by Crippen LogP contribution is -2.17. The molecule has 2 aliphatic rings. The van der Waals surface area contributed by atoms with Crippen molar-refractivity contribution in [2.24, 2.45) is 0 Å². The summed E-state index contributed by atoms with van der Waals surface area (Å²) in [5.74, 6) is 0. The summed E-state index contributed by atoms with van der Waals surface area (Å²) in [6, 6.07) is 8.75. The van der Waals surface area contributed by atoms with Gasteiger partial charge in [0.25, 0.3) is 0 Å². The van der Waals surface area contributed by atoms with Gasteiger partial charge in [-0.1, -0.05) is 31.0 Å². The molecular formula is C14H18OS. The SMILES string of the molecule is c1ccc2c(c1)CC(COC1CCCC1)S2. The number of ether oxygens (including phenoxy) is 1. The molecule has 0 aromatic heterocycles. The van der Waals surface area contributed by atoms with Crippen LogP contribution < -0.4 is 0 Å². The van der Waals surface area contributed by atoms with Gasteiger partial charge in [-0.15, -0.1) is 11.8 Å². The fourth-order valence-electron chi connectivity index (χ4n) is 2.65. The monoisotopic (exact) mass is 234 g/mol. The molecule has 1 atom stereocenters. The van der Waals surface area contributed by atoms with Gasteiger partial charge in [-0.3, -0.25) is 0 Å². The molecule has 1 fully saturated rings. The maximum Gasteiger partial charge on any atom is 0.0595 e. The minimum atomic E-state index is 0.560. The van der Waals surface area contributed by atoms with Crippen LogP contribution in [0, 0.1) is 0 Å². The van der Waals surface area contributed by atoms with E-state index in [4.69, 9.17) is 4.74 Å². The third kappa shape index (κ3) is 2.28. The van der Waals surface area contributed by atoms with Gasteiger partial charge < -0.3 is 4.74 Å². The number of rotatable bonds is 3. The van der Waals surface area contributed by atoms with Gasteiger partial charge in [0.1, 0.15) is 0 Å². The second-order valence-corrected chi connectivity index (χ2v) is 6.13. The fraction of sp³-hybridized carbons (Fsp3) is 0.571. The van der Waals surface area contributed by atoms with E-state index in [0.29, 0.717) is 11.4 Å². The fourth-order valence-corrected chi connectivity index (χ4v) is 3.87. The van der Waals surface area contributed by atoms with Gasteiger partial charge in [0.05, 0.1) is 12.7 Å². The van der Waals surface area contributed by atoms with E-state index in [-0.39, 0.29) is 0 Å². The second kappa shape index (κ2) is 4.80. The average molecular weight is 234 g/mol. The maximum absolute atomic E-state index is 6.00. The molecule has 86 valence electrons. The van der Waals surface area contributed by atoms with Crippen molar-refractivity contribution in [3.63, 3.8) is 0 Å². The van der Waals surface area contributed by atoms with Crippen molar-refractivity contribution in [1.82, 2.24) is 0 Å². The molecule has 1 aliphatic carbocycles. The Morgan fingerprint density at radius 1 is 1.19 bits per heavy atom. The summed E-state index contributed by atoms with van der Waals surface area (Å²) in [4.78, 5) is 1.46. The smallest absolute Gasteiger partial charge is 0.0595 e. The van der Waals surface area contributed by atoms with E-state index >= 15 is 0 Å². The lowest BCUT2D eigenvalue weighted by molar-refractivity contribution is 0.0598. The van der Waals surface area contributed by atoms with E-state index in [1.54, 1.807) is 0 Å². The van der Waals surface area contributed by atoms with Gasteiger partial charge in [0, 0.05) is 10.1 Å². The van der Waals surface area contributed by atoms with Gasteiger partial charge in [0.15, 0.2) is 0 Å². The van der Waals surface area contributed by atoms with Crippen molar-refractivity contribution in [2.75, 3.05) is 6.61 Å². The molecule has 1 aromatic rings. The predicted molar refractivity (Wildman–Crippen MR) is 68.0 cm³/mol. The Morgan fingerprint density at radius 2 is 2.00 bits per heavy atom. The number of fused-ring (bicyclic) bond motifs is 1. The molecule has 1 heterocycles. The van der Waals surface area contributed by atoms with Crippen LogP contribution in [-0.4, -0.2) is 18.0 Å². The summed E-state index contributed by atoms with van der Waals surface area (Å²) >= 11 is 1.99. The zero-order valence-corrected chi connectivity index (χ0v) is 10.3. The van der Waals surface area contributed by atoms with Crippen molar-refractivity contribution in [2.45, 2.75) is 48.4 Å². The Labute approximate surface area is 102 Å². The summed E-state index contributed by atoms with van der Waals surface area (Å²) in [6.45, 7) is 0.935. The number of benzene rings is 1. The molecule has 2 heteroatoms. The Balaban J connectivity index is 1.52.